The quantitative estimate of drug-likeness (QED) is 0.702. The van der Waals surface area contributed by atoms with Crippen LogP contribution in [-0.2, 0) is 9.59 Å². The lowest BCUT2D eigenvalue weighted by Gasteiger charge is -2.08. The normalized spacial score (nSPS) is 9.88. The summed E-state index contributed by atoms with van der Waals surface area (Å²) in [6.45, 7) is -0.369. The minimum Gasteiger partial charge on any atom is -0.497 e. The van der Waals surface area contributed by atoms with E-state index in [1.165, 1.54) is 11.3 Å². The molecule has 126 valence electrons. The molecule has 0 saturated heterocycles. The van der Waals surface area contributed by atoms with E-state index in [4.69, 9.17) is 4.74 Å². The fraction of sp³-hybridized carbons (Fsp3) is 0.188. The number of amides is 3. The van der Waals surface area contributed by atoms with Crippen LogP contribution in [0.1, 0.15) is 9.67 Å². The van der Waals surface area contributed by atoms with Gasteiger partial charge in [-0.2, -0.15) is 0 Å². The molecule has 1 aromatic heterocycles. The molecule has 3 N–H and O–H groups in total. The summed E-state index contributed by atoms with van der Waals surface area (Å²) in [5, 5.41) is 9.34. The first kappa shape index (κ1) is 17.5. The first-order valence-corrected chi connectivity index (χ1v) is 7.99. The standard InChI is InChI=1S/C16H17N3O4S/c1-23-12-6-4-11(5-7-12)19-15(21)10-17-14(20)9-18-16(22)13-3-2-8-24-13/h2-8H,9-10H2,1H3,(H,17,20)(H,18,22)(H,19,21). The zero-order chi connectivity index (χ0) is 17.4. The third-order valence-corrected chi connectivity index (χ3v) is 3.84. The van der Waals surface area contributed by atoms with E-state index in [1.54, 1.807) is 48.9 Å². The fourth-order valence-corrected chi connectivity index (χ4v) is 2.42. The smallest absolute Gasteiger partial charge is 0.261 e. The molecule has 2 aromatic rings. The highest BCUT2D eigenvalue weighted by atomic mass is 32.1. The summed E-state index contributed by atoms with van der Waals surface area (Å²) in [6.07, 6.45) is 0. The van der Waals surface area contributed by atoms with Crippen LogP contribution in [0.3, 0.4) is 0 Å². The van der Waals surface area contributed by atoms with Gasteiger partial charge in [-0.1, -0.05) is 6.07 Å². The number of ether oxygens (including phenoxy) is 1. The summed E-state index contributed by atoms with van der Waals surface area (Å²) in [6, 6.07) is 10.2. The van der Waals surface area contributed by atoms with Crippen LogP contribution in [-0.4, -0.2) is 37.9 Å². The Morgan fingerprint density at radius 2 is 1.71 bits per heavy atom. The molecule has 0 atom stereocenters. The molecule has 0 aliphatic heterocycles. The van der Waals surface area contributed by atoms with Crippen molar-refractivity contribution in [2.75, 3.05) is 25.5 Å². The highest BCUT2D eigenvalue weighted by molar-refractivity contribution is 7.12. The van der Waals surface area contributed by atoms with Gasteiger partial charge in [-0.15, -0.1) is 11.3 Å². The van der Waals surface area contributed by atoms with E-state index in [2.05, 4.69) is 16.0 Å². The highest BCUT2D eigenvalue weighted by Gasteiger charge is 2.10. The molecule has 0 radical (unpaired) electrons. The predicted octanol–water partition coefficient (Wildman–Crippen LogP) is 1.24. The Morgan fingerprint density at radius 3 is 2.33 bits per heavy atom. The number of rotatable bonds is 7. The zero-order valence-corrected chi connectivity index (χ0v) is 13.8. The monoisotopic (exact) mass is 347 g/mol. The van der Waals surface area contributed by atoms with Crippen molar-refractivity contribution in [3.05, 3.63) is 46.7 Å². The Balaban J connectivity index is 1.68. The molecule has 0 saturated carbocycles. The van der Waals surface area contributed by atoms with Crippen molar-refractivity contribution < 1.29 is 19.1 Å². The van der Waals surface area contributed by atoms with Crippen molar-refractivity contribution in [2.45, 2.75) is 0 Å². The van der Waals surface area contributed by atoms with Gasteiger partial charge in [-0.05, 0) is 35.7 Å². The molecule has 1 aromatic carbocycles. The lowest BCUT2D eigenvalue weighted by molar-refractivity contribution is -0.123. The van der Waals surface area contributed by atoms with E-state index >= 15 is 0 Å². The fourth-order valence-electron chi connectivity index (χ4n) is 1.78. The van der Waals surface area contributed by atoms with Crippen LogP contribution in [0.4, 0.5) is 5.69 Å². The summed E-state index contributed by atoms with van der Waals surface area (Å²) in [5.41, 5.74) is 0.598. The minimum atomic E-state index is -0.440. The van der Waals surface area contributed by atoms with Crippen molar-refractivity contribution in [3.63, 3.8) is 0 Å². The van der Waals surface area contributed by atoms with Gasteiger partial charge in [0.1, 0.15) is 5.75 Å². The lowest BCUT2D eigenvalue weighted by atomic mass is 10.3. The zero-order valence-electron chi connectivity index (χ0n) is 13.0. The number of carbonyl (C=O) groups is 3. The summed E-state index contributed by atoms with van der Waals surface area (Å²) >= 11 is 1.29. The Labute approximate surface area is 143 Å². The van der Waals surface area contributed by atoms with Crippen LogP contribution in [0, 0.1) is 0 Å². The maximum absolute atomic E-state index is 11.8. The van der Waals surface area contributed by atoms with Gasteiger partial charge in [0.05, 0.1) is 25.1 Å². The Hall–Kier alpha value is -2.87. The first-order chi connectivity index (χ1) is 11.6. The first-order valence-electron chi connectivity index (χ1n) is 7.11. The highest BCUT2D eigenvalue weighted by Crippen LogP contribution is 2.14. The molecule has 0 bridgehead atoms. The molecule has 24 heavy (non-hydrogen) atoms. The summed E-state index contributed by atoms with van der Waals surface area (Å²) in [4.78, 5) is 35.6. The molecule has 1 heterocycles. The number of carbonyl (C=O) groups excluding carboxylic acids is 3. The number of hydrogen-bond donors (Lipinski definition) is 3. The Bertz CT molecular complexity index is 699. The van der Waals surface area contributed by atoms with Crippen molar-refractivity contribution >= 4 is 34.7 Å². The molecular formula is C16H17N3O4S. The number of hydrogen-bond acceptors (Lipinski definition) is 5. The topological polar surface area (TPSA) is 96.5 Å². The van der Waals surface area contributed by atoms with E-state index in [0.717, 1.165) is 0 Å². The molecule has 8 heteroatoms. The van der Waals surface area contributed by atoms with E-state index in [1.807, 2.05) is 0 Å². The van der Waals surface area contributed by atoms with Crippen LogP contribution in [0.25, 0.3) is 0 Å². The van der Waals surface area contributed by atoms with Gasteiger partial charge >= 0.3 is 0 Å². The second-order valence-electron chi connectivity index (χ2n) is 4.71. The second-order valence-corrected chi connectivity index (χ2v) is 5.66. The van der Waals surface area contributed by atoms with Crippen LogP contribution in [0.2, 0.25) is 0 Å². The van der Waals surface area contributed by atoms with E-state index in [0.29, 0.717) is 16.3 Å². The van der Waals surface area contributed by atoms with Crippen molar-refractivity contribution in [1.82, 2.24) is 10.6 Å². The van der Waals surface area contributed by atoms with Gasteiger partial charge in [0.25, 0.3) is 5.91 Å². The SMILES string of the molecule is COc1ccc(NC(=O)CNC(=O)CNC(=O)c2cccs2)cc1. The van der Waals surface area contributed by atoms with Gasteiger partial charge in [0, 0.05) is 5.69 Å². The largest absolute Gasteiger partial charge is 0.497 e. The predicted molar refractivity (Wildman–Crippen MR) is 91.3 cm³/mol. The molecule has 0 fully saturated rings. The van der Waals surface area contributed by atoms with Crippen molar-refractivity contribution in [3.8, 4) is 5.75 Å². The maximum Gasteiger partial charge on any atom is 0.261 e. The van der Waals surface area contributed by atoms with E-state index < -0.39 is 5.91 Å². The van der Waals surface area contributed by atoms with Gasteiger partial charge in [0.2, 0.25) is 11.8 Å². The third-order valence-electron chi connectivity index (χ3n) is 2.97. The molecule has 7 nitrogen and oxygen atoms in total. The Morgan fingerprint density at radius 1 is 1.00 bits per heavy atom. The van der Waals surface area contributed by atoms with Gasteiger partial charge in [0.15, 0.2) is 0 Å². The maximum atomic E-state index is 11.8. The summed E-state index contributed by atoms with van der Waals surface area (Å²) in [7, 11) is 1.56. The molecule has 2 rings (SSSR count). The summed E-state index contributed by atoms with van der Waals surface area (Å²) in [5.74, 6) is -0.437. The van der Waals surface area contributed by atoms with E-state index in [-0.39, 0.29) is 24.9 Å². The molecule has 0 spiro atoms. The second kappa shape index (κ2) is 8.68. The van der Waals surface area contributed by atoms with Crippen LogP contribution in [0.5, 0.6) is 5.75 Å². The number of anilines is 1. The molecule has 0 unspecified atom stereocenters. The van der Waals surface area contributed by atoms with Gasteiger partial charge in [-0.25, -0.2) is 0 Å². The van der Waals surface area contributed by atoms with Crippen LogP contribution < -0.4 is 20.7 Å². The molecule has 0 aliphatic rings. The van der Waals surface area contributed by atoms with E-state index in [9.17, 15) is 14.4 Å². The minimum absolute atomic E-state index is 0.181. The van der Waals surface area contributed by atoms with Crippen molar-refractivity contribution in [2.24, 2.45) is 0 Å². The van der Waals surface area contributed by atoms with Crippen molar-refractivity contribution in [1.29, 1.82) is 0 Å². The molecule has 0 aliphatic carbocycles. The number of thiophene rings is 1. The Kier molecular flexibility index (Phi) is 6.32. The van der Waals surface area contributed by atoms with Gasteiger partial charge < -0.3 is 20.7 Å². The number of nitrogens with one attached hydrogen (secondary N) is 3. The van der Waals surface area contributed by atoms with Crippen LogP contribution in [0.15, 0.2) is 41.8 Å². The third kappa shape index (κ3) is 5.40. The number of methoxy groups -OCH3 is 1. The average molecular weight is 347 g/mol. The molecule has 3 amide bonds. The van der Waals surface area contributed by atoms with Gasteiger partial charge in [-0.3, -0.25) is 14.4 Å². The lowest BCUT2D eigenvalue weighted by Crippen LogP contribution is -2.40. The number of benzene rings is 1. The summed E-state index contributed by atoms with van der Waals surface area (Å²) < 4.78 is 5.02. The van der Waals surface area contributed by atoms with Crippen LogP contribution >= 0.6 is 11.3 Å². The average Bonchev–Trinajstić information content (AvgIpc) is 3.13. The molecular weight excluding hydrogens is 330 g/mol.